The van der Waals surface area contributed by atoms with Gasteiger partial charge >= 0.3 is 5.97 Å². The Morgan fingerprint density at radius 2 is 2.05 bits per heavy atom. The van der Waals surface area contributed by atoms with Gasteiger partial charge in [-0.05, 0) is 56.6 Å². The van der Waals surface area contributed by atoms with Gasteiger partial charge in [-0.15, -0.1) is 11.3 Å². The fraction of sp³-hybridized carbons (Fsp3) is 0.393. The Balaban J connectivity index is 1.11. The van der Waals surface area contributed by atoms with Crippen LogP contribution in [0.15, 0.2) is 42.6 Å². The topological polar surface area (TPSA) is 126 Å². The minimum absolute atomic E-state index is 0.143. The van der Waals surface area contributed by atoms with Gasteiger partial charge in [0, 0.05) is 24.3 Å². The van der Waals surface area contributed by atoms with Crippen molar-refractivity contribution in [1.29, 1.82) is 5.26 Å². The molecule has 0 saturated carbocycles. The lowest BCUT2D eigenvalue weighted by atomic mass is 9.93. The number of pyridine rings is 1. The lowest BCUT2D eigenvalue weighted by Gasteiger charge is -2.32. The van der Waals surface area contributed by atoms with Crippen molar-refractivity contribution in [2.24, 2.45) is 0 Å². The molecule has 0 bridgehead atoms. The molecule has 2 aliphatic heterocycles. The fourth-order valence-electron chi connectivity index (χ4n) is 5.15. The molecule has 2 aliphatic rings. The highest BCUT2D eigenvalue weighted by atomic mass is 32.1. The number of benzene rings is 1. The van der Waals surface area contributed by atoms with Crippen LogP contribution in [0.5, 0.6) is 5.88 Å². The molecule has 0 amide bonds. The van der Waals surface area contributed by atoms with Crippen LogP contribution in [0.4, 0.5) is 0 Å². The van der Waals surface area contributed by atoms with Crippen LogP contribution in [-0.2, 0) is 24.4 Å². The number of hydrogen-bond donors (Lipinski definition) is 1. The molecule has 2 saturated heterocycles. The van der Waals surface area contributed by atoms with Gasteiger partial charge in [-0.25, -0.2) is 19.7 Å². The summed E-state index contributed by atoms with van der Waals surface area (Å²) < 4.78 is 13.7. The summed E-state index contributed by atoms with van der Waals surface area (Å²) >= 11 is 1.33. The van der Waals surface area contributed by atoms with Gasteiger partial charge in [0.1, 0.15) is 28.4 Å². The van der Waals surface area contributed by atoms with Crippen molar-refractivity contribution < 1.29 is 19.4 Å². The number of fused-ring (bicyclic) bond motifs is 1. The Morgan fingerprint density at radius 1 is 1.21 bits per heavy atom. The summed E-state index contributed by atoms with van der Waals surface area (Å²) in [5.74, 6) is 0.913. The highest BCUT2D eigenvalue weighted by Crippen LogP contribution is 2.30. The molecule has 10 nitrogen and oxygen atoms in total. The molecule has 1 N–H and O–H groups in total. The zero-order valence-corrected chi connectivity index (χ0v) is 22.1. The van der Waals surface area contributed by atoms with E-state index in [1.165, 1.54) is 11.3 Å². The van der Waals surface area contributed by atoms with E-state index in [9.17, 15) is 9.90 Å². The van der Waals surface area contributed by atoms with Gasteiger partial charge in [-0.3, -0.25) is 4.90 Å². The molecule has 5 heterocycles. The number of likely N-dealkylation sites (tertiary alicyclic amines) is 1. The van der Waals surface area contributed by atoms with E-state index >= 15 is 0 Å². The first-order valence-corrected chi connectivity index (χ1v) is 13.9. The van der Waals surface area contributed by atoms with Gasteiger partial charge in [0.05, 0.1) is 42.0 Å². The van der Waals surface area contributed by atoms with E-state index in [0.717, 1.165) is 66.5 Å². The van der Waals surface area contributed by atoms with Crippen molar-refractivity contribution >= 4 is 28.3 Å². The van der Waals surface area contributed by atoms with E-state index in [0.29, 0.717) is 36.4 Å². The standard InChI is InChI=1S/C28H28N6O4S/c29-13-21-14-30-27(39-21)17-38-26-3-1-2-22(32-26)18-6-9-33(10-7-18)16-25-31-23-5-4-19(28(35)36)12-24(23)34(25)15-20-8-11-37-20/h1-5,12,14,18,20H,6-11,15-17H2,(H,35,36)/t20-/m0/s1. The predicted molar refractivity (Wildman–Crippen MR) is 144 cm³/mol. The fourth-order valence-corrected chi connectivity index (χ4v) is 5.78. The Hall–Kier alpha value is -3.85. The van der Waals surface area contributed by atoms with E-state index in [1.54, 1.807) is 24.4 Å². The lowest BCUT2D eigenvalue weighted by Crippen LogP contribution is -2.35. The van der Waals surface area contributed by atoms with E-state index in [-0.39, 0.29) is 11.7 Å². The highest BCUT2D eigenvalue weighted by molar-refractivity contribution is 7.12. The third-order valence-electron chi connectivity index (χ3n) is 7.38. The summed E-state index contributed by atoms with van der Waals surface area (Å²) in [6, 6.07) is 13.1. The summed E-state index contributed by atoms with van der Waals surface area (Å²) in [4.78, 5) is 28.4. The van der Waals surface area contributed by atoms with Crippen molar-refractivity contribution in [1.82, 2.24) is 24.4 Å². The smallest absolute Gasteiger partial charge is 0.335 e. The maximum atomic E-state index is 11.6. The number of rotatable bonds is 9. The van der Waals surface area contributed by atoms with Crippen molar-refractivity contribution in [3.63, 3.8) is 0 Å². The van der Waals surface area contributed by atoms with Crippen LogP contribution in [0.2, 0.25) is 0 Å². The molecule has 4 aromatic rings. The number of carboxylic acid groups (broad SMARTS) is 1. The first kappa shape index (κ1) is 25.4. The van der Waals surface area contributed by atoms with Crippen LogP contribution in [-0.4, -0.2) is 61.3 Å². The lowest BCUT2D eigenvalue weighted by molar-refractivity contribution is -0.0592. The van der Waals surface area contributed by atoms with Gasteiger partial charge in [0.2, 0.25) is 5.88 Å². The van der Waals surface area contributed by atoms with E-state index < -0.39 is 5.97 Å². The molecule has 3 aromatic heterocycles. The second-order valence-corrected chi connectivity index (χ2v) is 11.0. The summed E-state index contributed by atoms with van der Waals surface area (Å²) in [6.45, 7) is 4.27. The van der Waals surface area contributed by atoms with E-state index in [1.807, 2.05) is 12.1 Å². The zero-order valence-electron chi connectivity index (χ0n) is 21.3. The van der Waals surface area contributed by atoms with Crippen LogP contribution >= 0.6 is 11.3 Å². The minimum Gasteiger partial charge on any atom is -0.478 e. The average molecular weight is 545 g/mol. The number of nitrogens with zero attached hydrogens (tertiary/aromatic N) is 6. The number of carbonyl (C=O) groups is 1. The first-order chi connectivity index (χ1) is 19.1. The van der Waals surface area contributed by atoms with Crippen LogP contribution in [0.1, 0.15) is 56.9 Å². The number of imidazole rings is 1. The van der Waals surface area contributed by atoms with Crippen LogP contribution in [0, 0.1) is 11.3 Å². The summed E-state index contributed by atoms with van der Waals surface area (Å²) in [5.41, 5.74) is 2.95. The molecule has 200 valence electrons. The number of aromatic carboxylic acids is 1. The molecular formula is C28H28N6O4S. The third kappa shape index (κ3) is 5.63. The predicted octanol–water partition coefficient (Wildman–Crippen LogP) is 4.21. The Labute approximate surface area is 229 Å². The number of nitriles is 1. The maximum Gasteiger partial charge on any atom is 0.335 e. The molecular weight excluding hydrogens is 516 g/mol. The number of thiazole rings is 1. The van der Waals surface area contributed by atoms with Gasteiger partial charge in [0.25, 0.3) is 0 Å². The van der Waals surface area contributed by atoms with Gasteiger partial charge in [-0.2, -0.15) is 5.26 Å². The molecule has 0 aliphatic carbocycles. The minimum atomic E-state index is -0.937. The summed E-state index contributed by atoms with van der Waals surface area (Å²) in [7, 11) is 0. The molecule has 1 aromatic carbocycles. The molecule has 11 heteroatoms. The molecule has 6 rings (SSSR count). The Morgan fingerprint density at radius 3 is 2.77 bits per heavy atom. The van der Waals surface area contributed by atoms with Crippen LogP contribution in [0.25, 0.3) is 11.0 Å². The summed E-state index contributed by atoms with van der Waals surface area (Å²) in [5, 5.41) is 19.2. The number of carboxylic acids is 1. The molecule has 1 atom stereocenters. The normalized spacial score (nSPS) is 18.1. The van der Waals surface area contributed by atoms with Crippen molar-refractivity contribution in [2.45, 2.75) is 51.0 Å². The van der Waals surface area contributed by atoms with E-state index in [4.69, 9.17) is 24.7 Å². The monoisotopic (exact) mass is 544 g/mol. The quantitative estimate of drug-likeness (QED) is 0.330. The molecule has 39 heavy (non-hydrogen) atoms. The Kier molecular flexibility index (Phi) is 7.24. The van der Waals surface area contributed by atoms with Gasteiger partial charge < -0.3 is 19.1 Å². The maximum absolute atomic E-state index is 11.6. The van der Waals surface area contributed by atoms with Gasteiger partial charge in [0.15, 0.2) is 0 Å². The van der Waals surface area contributed by atoms with Crippen LogP contribution < -0.4 is 4.74 Å². The highest BCUT2D eigenvalue weighted by Gasteiger charge is 2.26. The molecule has 0 spiro atoms. The Bertz CT molecular complexity index is 1530. The number of ether oxygens (including phenoxy) is 2. The van der Waals surface area contributed by atoms with Crippen molar-refractivity contribution in [2.75, 3.05) is 19.7 Å². The second-order valence-electron chi connectivity index (χ2n) is 9.90. The second kappa shape index (κ2) is 11.1. The average Bonchev–Trinajstić information content (AvgIpc) is 3.53. The third-order valence-corrected chi connectivity index (χ3v) is 8.25. The summed E-state index contributed by atoms with van der Waals surface area (Å²) in [6.07, 6.45) is 4.66. The number of piperidine rings is 1. The first-order valence-electron chi connectivity index (χ1n) is 13.1. The van der Waals surface area contributed by atoms with E-state index in [2.05, 4.69) is 26.6 Å². The molecule has 0 radical (unpaired) electrons. The largest absolute Gasteiger partial charge is 0.478 e. The number of hydrogen-bond acceptors (Lipinski definition) is 9. The SMILES string of the molecule is N#Cc1cnc(COc2cccc(C3CCN(Cc4nc5ccc(C(=O)O)cc5n4C[C@@H]4CCO4)CC3)n2)s1. The zero-order chi connectivity index (χ0) is 26.8. The van der Waals surface area contributed by atoms with Crippen molar-refractivity contribution in [3.8, 4) is 11.9 Å². The van der Waals surface area contributed by atoms with Gasteiger partial charge in [-0.1, -0.05) is 6.07 Å². The molecule has 0 unspecified atom stereocenters. The van der Waals surface area contributed by atoms with Crippen molar-refractivity contribution in [3.05, 3.63) is 69.6 Å². The molecule has 2 fully saturated rings. The van der Waals surface area contributed by atoms with Crippen LogP contribution in [0.3, 0.4) is 0 Å². The number of aromatic nitrogens is 4.